The number of nitrogens with zero attached hydrogens (tertiary/aromatic N) is 2. The van der Waals surface area contributed by atoms with E-state index in [0.717, 1.165) is 22.3 Å². The van der Waals surface area contributed by atoms with E-state index in [9.17, 15) is 4.79 Å². The van der Waals surface area contributed by atoms with Crippen LogP contribution in [0.2, 0.25) is 0 Å². The maximum absolute atomic E-state index is 13.1. The smallest absolute Gasteiger partial charge is 0.302 e. The summed E-state index contributed by atoms with van der Waals surface area (Å²) in [7, 11) is 0. The summed E-state index contributed by atoms with van der Waals surface area (Å²) in [6.07, 6.45) is 2.67. The Labute approximate surface area is 175 Å². The van der Waals surface area contributed by atoms with Crippen LogP contribution in [0.3, 0.4) is 0 Å². The van der Waals surface area contributed by atoms with E-state index in [1.807, 2.05) is 36.4 Å². The van der Waals surface area contributed by atoms with E-state index < -0.39 is 0 Å². The Morgan fingerprint density at radius 3 is 2.70 bits per heavy atom. The molecule has 0 fully saturated rings. The standard InChI is InChI=1S/C24H24N4O2/c1-14-8-4-5-9-15(14)21-20-17(12-24(2,3)13-18(20)29)25-22(27-21)28-23-26-16-10-6-7-11-19(16)30-23/h4-12,20-21H,13H2,1-3H3,(H2,25,26,27,28)/t20-,21-/m0/s1. The van der Waals surface area contributed by atoms with E-state index in [1.165, 1.54) is 0 Å². The van der Waals surface area contributed by atoms with Crippen molar-refractivity contribution in [1.82, 2.24) is 10.3 Å². The summed E-state index contributed by atoms with van der Waals surface area (Å²) < 4.78 is 5.80. The number of aliphatic imine (C=N–C) groups is 1. The highest BCUT2D eigenvalue weighted by Gasteiger charge is 2.42. The summed E-state index contributed by atoms with van der Waals surface area (Å²) in [5, 5.41) is 6.51. The van der Waals surface area contributed by atoms with Crippen LogP contribution < -0.4 is 10.6 Å². The van der Waals surface area contributed by atoms with Crippen LogP contribution in [0.1, 0.15) is 37.4 Å². The van der Waals surface area contributed by atoms with Gasteiger partial charge in [0, 0.05) is 12.1 Å². The first-order valence-electron chi connectivity index (χ1n) is 10.2. The molecule has 2 N–H and O–H groups in total. The van der Waals surface area contributed by atoms with Gasteiger partial charge >= 0.3 is 6.01 Å². The molecule has 5 rings (SSSR count). The Morgan fingerprint density at radius 1 is 1.13 bits per heavy atom. The molecular formula is C24H24N4O2. The van der Waals surface area contributed by atoms with Gasteiger partial charge in [-0.1, -0.05) is 56.3 Å². The first-order chi connectivity index (χ1) is 14.4. The number of aryl methyl sites for hydroxylation is 1. The van der Waals surface area contributed by atoms with Crippen molar-refractivity contribution in [3.8, 4) is 0 Å². The van der Waals surface area contributed by atoms with Gasteiger partial charge in [-0.3, -0.25) is 10.1 Å². The molecule has 3 aromatic rings. The number of guanidine groups is 1. The lowest BCUT2D eigenvalue weighted by Gasteiger charge is -2.39. The second kappa shape index (κ2) is 6.83. The lowest BCUT2D eigenvalue weighted by molar-refractivity contribution is -0.124. The van der Waals surface area contributed by atoms with Crippen molar-refractivity contribution in [2.24, 2.45) is 16.3 Å². The van der Waals surface area contributed by atoms with Gasteiger partial charge in [-0.25, -0.2) is 4.99 Å². The van der Waals surface area contributed by atoms with Crippen LogP contribution in [0.15, 0.2) is 69.7 Å². The SMILES string of the molecule is Cc1ccccc1[C@@H]1N=C(Nc2nc3ccccc3o2)NC2=CC(C)(C)CC(=O)[C@H]21. The second-order valence-electron chi connectivity index (χ2n) is 8.72. The average Bonchev–Trinajstić information content (AvgIpc) is 3.08. The van der Waals surface area contributed by atoms with Crippen LogP contribution >= 0.6 is 0 Å². The number of carbonyl (C=O) groups is 1. The number of para-hydroxylation sites is 2. The zero-order valence-electron chi connectivity index (χ0n) is 17.3. The molecule has 30 heavy (non-hydrogen) atoms. The first kappa shape index (κ1) is 18.6. The number of hydrogen-bond donors (Lipinski definition) is 2. The van der Waals surface area contributed by atoms with E-state index in [4.69, 9.17) is 9.41 Å². The molecule has 0 amide bonds. The number of ketones is 1. The van der Waals surface area contributed by atoms with Crippen LogP contribution in [-0.4, -0.2) is 16.7 Å². The molecule has 1 aromatic heterocycles. The van der Waals surface area contributed by atoms with Gasteiger partial charge in [-0.05, 0) is 35.6 Å². The maximum atomic E-state index is 13.1. The van der Waals surface area contributed by atoms with Crippen molar-refractivity contribution in [3.05, 3.63) is 71.4 Å². The normalized spacial score (nSPS) is 22.7. The van der Waals surface area contributed by atoms with Gasteiger partial charge in [0.15, 0.2) is 5.58 Å². The van der Waals surface area contributed by atoms with E-state index in [2.05, 4.69) is 54.6 Å². The molecule has 2 aliphatic rings. The Balaban J connectivity index is 1.57. The minimum Gasteiger partial charge on any atom is -0.423 e. The highest BCUT2D eigenvalue weighted by atomic mass is 16.4. The molecular weight excluding hydrogens is 376 g/mol. The molecule has 2 atom stereocenters. The molecule has 0 spiro atoms. The summed E-state index contributed by atoms with van der Waals surface area (Å²) in [6.45, 7) is 6.22. The van der Waals surface area contributed by atoms with Crippen molar-refractivity contribution in [2.75, 3.05) is 5.32 Å². The number of anilines is 1. The number of carbonyl (C=O) groups excluding carboxylic acids is 1. The third kappa shape index (κ3) is 3.28. The fraction of sp³-hybridized carbons (Fsp3) is 0.292. The molecule has 2 aromatic carbocycles. The Kier molecular flexibility index (Phi) is 4.24. The third-order valence-corrected chi connectivity index (χ3v) is 5.73. The van der Waals surface area contributed by atoms with Crippen LogP contribution in [0.5, 0.6) is 0 Å². The van der Waals surface area contributed by atoms with Gasteiger partial charge in [0.2, 0.25) is 5.96 Å². The average molecular weight is 400 g/mol. The Hall–Kier alpha value is -3.41. The molecule has 152 valence electrons. The summed E-state index contributed by atoms with van der Waals surface area (Å²) >= 11 is 0. The molecule has 0 saturated carbocycles. The molecule has 1 aliphatic carbocycles. The first-order valence-corrected chi connectivity index (χ1v) is 10.2. The van der Waals surface area contributed by atoms with Gasteiger partial charge in [0.25, 0.3) is 0 Å². The molecule has 1 aliphatic heterocycles. The number of nitrogens with one attached hydrogen (secondary N) is 2. The predicted molar refractivity (Wildman–Crippen MR) is 117 cm³/mol. The monoisotopic (exact) mass is 400 g/mol. The van der Waals surface area contributed by atoms with Crippen molar-refractivity contribution in [3.63, 3.8) is 0 Å². The largest absolute Gasteiger partial charge is 0.423 e. The lowest BCUT2D eigenvalue weighted by atomic mass is 9.72. The molecule has 6 heteroatoms. The zero-order valence-corrected chi connectivity index (χ0v) is 17.3. The third-order valence-electron chi connectivity index (χ3n) is 5.73. The highest BCUT2D eigenvalue weighted by Crippen LogP contribution is 2.43. The summed E-state index contributed by atoms with van der Waals surface area (Å²) in [5.74, 6) is 0.430. The van der Waals surface area contributed by atoms with Gasteiger partial charge < -0.3 is 9.73 Å². The van der Waals surface area contributed by atoms with Crippen LogP contribution in [0, 0.1) is 18.3 Å². The van der Waals surface area contributed by atoms with E-state index in [1.54, 1.807) is 0 Å². The topological polar surface area (TPSA) is 79.5 Å². The van der Waals surface area contributed by atoms with Gasteiger partial charge in [-0.15, -0.1) is 0 Å². The van der Waals surface area contributed by atoms with Crippen molar-refractivity contribution in [1.29, 1.82) is 0 Å². The fourth-order valence-corrected chi connectivity index (χ4v) is 4.40. The summed E-state index contributed by atoms with van der Waals surface area (Å²) in [6, 6.07) is 15.8. The van der Waals surface area contributed by atoms with E-state index in [0.29, 0.717) is 24.0 Å². The highest BCUT2D eigenvalue weighted by molar-refractivity contribution is 5.98. The predicted octanol–water partition coefficient (Wildman–Crippen LogP) is 4.75. The van der Waals surface area contributed by atoms with Crippen molar-refractivity contribution < 1.29 is 9.21 Å². The minimum atomic E-state index is -0.312. The van der Waals surface area contributed by atoms with Crippen LogP contribution in [-0.2, 0) is 4.79 Å². The molecule has 0 radical (unpaired) electrons. The Morgan fingerprint density at radius 2 is 1.90 bits per heavy atom. The summed E-state index contributed by atoms with van der Waals surface area (Å²) in [4.78, 5) is 22.5. The lowest BCUT2D eigenvalue weighted by Crippen LogP contribution is -2.46. The molecule has 0 saturated heterocycles. The molecule has 0 bridgehead atoms. The number of fused-ring (bicyclic) bond motifs is 2. The fourth-order valence-electron chi connectivity index (χ4n) is 4.40. The number of Topliss-reactive ketones (excluding diaryl/α,β-unsaturated/α-hetero) is 1. The van der Waals surface area contributed by atoms with E-state index in [-0.39, 0.29) is 23.2 Å². The van der Waals surface area contributed by atoms with Crippen LogP contribution in [0.25, 0.3) is 11.1 Å². The number of hydrogen-bond acceptors (Lipinski definition) is 6. The van der Waals surface area contributed by atoms with Crippen molar-refractivity contribution in [2.45, 2.75) is 33.2 Å². The minimum absolute atomic E-state index is 0.202. The van der Waals surface area contributed by atoms with Gasteiger partial charge in [0.05, 0.1) is 12.0 Å². The number of benzene rings is 2. The van der Waals surface area contributed by atoms with Gasteiger partial charge in [-0.2, -0.15) is 4.98 Å². The quantitative estimate of drug-likeness (QED) is 0.649. The number of aromatic nitrogens is 1. The van der Waals surface area contributed by atoms with Gasteiger partial charge in [0.1, 0.15) is 11.3 Å². The molecule has 6 nitrogen and oxygen atoms in total. The Bertz CT molecular complexity index is 1170. The second-order valence-corrected chi connectivity index (χ2v) is 8.72. The number of allylic oxidation sites excluding steroid dienone is 1. The maximum Gasteiger partial charge on any atom is 0.302 e. The number of oxazole rings is 1. The summed E-state index contributed by atoms with van der Waals surface area (Å²) in [5.41, 5.74) is 4.34. The molecule has 2 heterocycles. The zero-order chi connectivity index (χ0) is 20.9. The van der Waals surface area contributed by atoms with Crippen molar-refractivity contribution >= 4 is 28.9 Å². The molecule has 0 unspecified atom stereocenters. The number of rotatable bonds is 2. The van der Waals surface area contributed by atoms with E-state index >= 15 is 0 Å². The van der Waals surface area contributed by atoms with Crippen LogP contribution in [0.4, 0.5) is 6.01 Å².